The molecule has 26 heavy (non-hydrogen) atoms. The molecule has 0 atom stereocenters. The highest BCUT2D eigenvalue weighted by molar-refractivity contribution is 7.99. The third-order valence-corrected chi connectivity index (χ3v) is 6.52. The molecule has 4 heterocycles. The number of anilines is 1. The Morgan fingerprint density at radius 1 is 1.19 bits per heavy atom. The smallest absolute Gasteiger partial charge is 0.172 e. The Labute approximate surface area is 159 Å². The first-order chi connectivity index (χ1) is 12.8. The predicted molar refractivity (Wildman–Crippen MR) is 108 cm³/mol. The average Bonchev–Trinajstić information content (AvgIpc) is 3.38. The van der Waals surface area contributed by atoms with E-state index in [2.05, 4.69) is 50.3 Å². The highest BCUT2D eigenvalue weighted by Gasteiger charge is 2.23. The van der Waals surface area contributed by atoms with Gasteiger partial charge in [-0.1, -0.05) is 30.0 Å². The second-order valence-electron chi connectivity index (χ2n) is 6.27. The van der Waals surface area contributed by atoms with E-state index in [1.165, 1.54) is 16.5 Å². The van der Waals surface area contributed by atoms with Gasteiger partial charge in [0.15, 0.2) is 5.82 Å². The van der Waals surface area contributed by atoms with Gasteiger partial charge in [-0.3, -0.25) is 0 Å². The van der Waals surface area contributed by atoms with Gasteiger partial charge in [-0.05, 0) is 25.0 Å². The molecule has 1 aromatic carbocycles. The van der Waals surface area contributed by atoms with Gasteiger partial charge in [-0.2, -0.15) is 0 Å². The number of hydrogen-bond donors (Lipinski definition) is 1. The van der Waals surface area contributed by atoms with E-state index in [9.17, 15) is 0 Å². The molecule has 1 aliphatic heterocycles. The van der Waals surface area contributed by atoms with E-state index in [0.29, 0.717) is 0 Å². The van der Waals surface area contributed by atoms with Crippen LogP contribution in [0.5, 0.6) is 0 Å². The van der Waals surface area contributed by atoms with Crippen molar-refractivity contribution in [3.8, 4) is 10.7 Å². The first kappa shape index (κ1) is 15.8. The molecule has 5 rings (SSSR count). The van der Waals surface area contributed by atoms with Crippen molar-refractivity contribution < 1.29 is 0 Å². The van der Waals surface area contributed by atoms with Gasteiger partial charge in [0.1, 0.15) is 5.03 Å². The molecule has 4 aromatic rings. The second-order valence-corrected chi connectivity index (χ2v) is 8.44. The van der Waals surface area contributed by atoms with Crippen molar-refractivity contribution in [1.29, 1.82) is 0 Å². The van der Waals surface area contributed by atoms with Crippen LogP contribution in [-0.2, 0) is 6.42 Å². The summed E-state index contributed by atoms with van der Waals surface area (Å²) in [5.74, 6) is 1.71. The van der Waals surface area contributed by atoms with E-state index in [1.807, 2.05) is 19.3 Å². The van der Waals surface area contributed by atoms with Crippen LogP contribution in [0.3, 0.4) is 0 Å². The summed E-state index contributed by atoms with van der Waals surface area (Å²) in [4.78, 5) is 20.4. The van der Waals surface area contributed by atoms with E-state index in [4.69, 9.17) is 4.98 Å². The van der Waals surface area contributed by atoms with Crippen LogP contribution < -0.4 is 4.90 Å². The van der Waals surface area contributed by atoms with Crippen LogP contribution in [0.4, 0.5) is 5.69 Å². The van der Waals surface area contributed by atoms with E-state index in [1.54, 1.807) is 23.1 Å². The highest BCUT2D eigenvalue weighted by atomic mass is 32.2. The lowest BCUT2D eigenvalue weighted by Crippen LogP contribution is -2.22. The molecule has 0 radical (unpaired) electrons. The van der Waals surface area contributed by atoms with Crippen LogP contribution in [0, 0.1) is 6.92 Å². The zero-order chi connectivity index (χ0) is 17.5. The maximum absolute atomic E-state index is 4.76. The average molecular weight is 380 g/mol. The van der Waals surface area contributed by atoms with Crippen LogP contribution in [0.25, 0.3) is 21.6 Å². The molecule has 7 heteroatoms. The fraction of sp³-hybridized carbons (Fsp3) is 0.211. The molecular formula is C19H17N5S2. The molecule has 3 aromatic heterocycles. The zero-order valence-corrected chi connectivity index (χ0v) is 15.9. The minimum Gasteiger partial charge on any atom is -0.361 e. The van der Waals surface area contributed by atoms with Gasteiger partial charge in [0.05, 0.1) is 27.6 Å². The standard InChI is InChI=1S/C19H17N5S2/c1-12-20-10-17(26-12)18-22-9-16-19(23-18)25-11-24(16)7-6-13-8-21-15-5-3-2-4-14(13)15/h2-5,8-10,21H,6-7,11H2,1H3. The number of fused-ring (bicyclic) bond motifs is 2. The molecule has 0 saturated carbocycles. The van der Waals surface area contributed by atoms with E-state index < -0.39 is 0 Å². The predicted octanol–water partition coefficient (Wildman–Crippen LogP) is 4.50. The number of benzene rings is 1. The highest BCUT2D eigenvalue weighted by Crippen LogP contribution is 2.38. The Bertz CT molecular complexity index is 1080. The van der Waals surface area contributed by atoms with E-state index in [-0.39, 0.29) is 0 Å². The minimum absolute atomic E-state index is 0.778. The molecule has 0 aliphatic carbocycles. The summed E-state index contributed by atoms with van der Waals surface area (Å²) in [7, 11) is 0. The second kappa shape index (κ2) is 6.41. The van der Waals surface area contributed by atoms with Crippen molar-refractivity contribution in [2.24, 2.45) is 0 Å². The molecule has 5 nitrogen and oxygen atoms in total. The molecule has 1 aliphatic rings. The van der Waals surface area contributed by atoms with Crippen LogP contribution in [-0.4, -0.2) is 32.4 Å². The number of para-hydroxylation sites is 1. The Balaban J connectivity index is 1.35. The molecule has 1 N–H and O–H groups in total. The van der Waals surface area contributed by atoms with Crippen molar-refractivity contribution in [3.05, 3.63) is 53.4 Å². The first-order valence-corrected chi connectivity index (χ1v) is 10.3. The van der Waals surface area contributed by atoms with Gasteiger partial charge in [0, 0.05) is 29.8 Å². The summed E-state index contributed by atoms with van der Waals surface area (Å²) < 4.78 is 0. The van der Waals surface area contributed by atoms with Gasteiger partial charge in [-0.25, -0.2) is 15.0 Å². The first-order valence-electron chi connectivity index (χ1n) is 8.50. The van der Waals surface area contributed by atoms with Gasteiger partial charge in [-0.15, -0.1) is 11.3 Å². The van der Waals surface area contributed by atoms with Gasteiger partial charge in [0.25, 0.3) is 0 Å². The summed E-state index contributed by atoms with van der Waals surface area (Å²) in [5, 5.41) is 3.42. The molecule has 130 valence electrons. The number of nitrogens with zero attached hydrogens (tertiary/aromatic N) is 4. The van der Waals surface area contributed by atoms with E-state index >= 15 is 0 Å². The number of hydrogen-bond acceptors (Lipinski definition) is 6. The summed E-state index contributed by atoms with van der Waals surface area (Å²) in [5.41, 5.74) is 3.70. The van der Waals surface area contributed by atoms with Crippen molar-refractivity contribution in [2.45, 2.75) is 18.4 Å². The van der Waals surface area contributed by atoms with Crippen molar-refractivity contribution in [2.75, 3.05) is 17.3 Å². The fourth-order valence-corrected chi connectivity index (χ4v) is 5.00. The molecule has 0 amide bonds. The van der Waals surface area contributed by atoms with Crippen molar-refractivity contribution in [3.63, 3.8) is 0 Å². The number of aromatic nitrogens is 4. The van der Waals surface area contributed by atoms with Crippen molar-refractivity contribution in [1.82, 2.24) is 19.9 Å². The normalized spacial score (nSPS) is 13.5. The number of thiazole rings is 1. The summed E-state index contributed by atoms with van der Waals surface area (Å²) in [6, 6.07) is 8.46. The SMILES string of the molecule is Cc1ncc(-c2ncc3c(n2)SCN3CCc2c[nH]c3ccccc23)s1. The Kier molecular flexibility index (Phi) is 3.90. The molecular weight excluding hydrogens is 362 g/mol. The van der Waals surface area contributed by atoms with Gasteiger partial charge >= 0.3 is 0 Å². The van der Waals surface area contributed by atoms with Crippen LogP contribution in [0.1, 0.15) is 10.6 Å². The number of aryl methyl sites for hydroxylation is 1. The number of nitrogens with one attached hydrogen (secondary N) is 1. The molecule has 0 unspecified atom stereocenters. The van der Waals surface area contributed by atoms with Crippen LogP contribution in [0.2, 0.25) is 0 Å². The maximum atomic E-state index is 4.76. The summed E-state index contributed by atoms with van der Waals surface area (Å²) in [6.45, 7) is 2.97. The number of aromatic amines is 1. The molecule has 0 saturated heterocycles. The number of rotatable bonds is 4. The third kappa shape index (κ3) is 2.77. The lowest BCUT2D eigenvalue weighted by atomic mass is 10.1. The lowest BCUT2D eigenvalue weighted by Gasteiger charge is -2.17. The maximum Gasteiger partial charge on any atom is 0.172 e. The summed E-state index contributed by atoms with van der Waals surface area (Å²) >= 11 is 3.42. The zero-order valence-electron chi connectivity index (χ0n) is 14.3. The topological polar surface area (TPSA) is 57.7 Å². The quantitative estimate of drug-likeness (QED) is 0.529. The third-order valence-electron chi connectivity index (χ3n) is 4.60. The summed E-state index contributed by atoms with van der Waals surface area (Å²) in [6.07, 6.45) is 6.94. The Morgan fingerprint density at radius 2 is 2.12 bits per heavy atom. The Hall–Kier alpha value is -2.38. The largest absolute Gasteiger partial charge is 0.361 e. The van der Waals surface area contributed by atoms with Crippen molar-refractivity contribution >= 4 is 39.7 Å². The lowest BCUT2D eigenvalue weighted by molar-refractivity contribution is 0.858. The Morgan fingerprint density at radius 3 is 3.00 bits per heavy atom. The van der Waals surface area contributed by atoms with Gasteiger partial charge < -0.3 is 9.88 Å². The number of H-pyrrole nitrogens is 1. The minimum atomic E-state index is 0.778. The van der Waals surface area contributed by atoms with Gasteiger partial charge in [0.2, 0.25) is 0 Å². The molecule has 0 bridgehead atoms. The van der Waals surface area contributed by atoms with E-state index in [0.717, 1.165) is 45.3 Å². The number of thioether (sulfide) groups is 1. The van der Waals surface area contributed by atoms with Crippen LogP contribution >= 0.6 is 23.1 Å². The molecule has 0 spiro atoms. The monoisotopic (exact) mass is 379 g/mol. The van der Waals surface area contributed by atoms with Crippen LogP contribution in [0.15, 0.2) is 47.9 Å². The molecule has 0 fully saturated rings. The fourth-order valence-electron chi connectivity index (χ4n) is 3.25.